The molecule has 7 nitrogen and oxygen atoms in total. The number of furan rings is 1. The number of nitrogens with two attached hydrogens (primary N) is 1. The molecule has 4 rings (SSSR count). The van der Waals surface area contributed by atoms with Crippen LogP contribution in [0, 0.1) is 0 Å². The molecule has 8 heteroatoms. The minimum Gasteiger partial charge on any atom is -0.453 e. The van der Waals surface area contributed by atoms with Crippen molar-refractivity contribution in [1.82, 2.24) is 9.91 Å². The van der Waals surface area contributed by atoms with Crippen molar-refractivity contribution in [2.45, 2.75) is 44.0 Å². The Bertz CT molecular complexity index is 1030. The van der Waals surface area contributed by atoms with E-state index in [1.54, 1.807) is 18.1 Å². The third-order valence-electron chi connectivity index (χ3n) is 5.75. The van der Waals surface area contributed by atoms with Gasteiger partial charge in [0.1, 0.15) is 11.6 Å². The first-order chi connectivity index (χ1) is 15.0. The van der Waals surface area contributed by atoms with Gasteiger partial charge in [-0.1, -0.05) is 43.7 Å². The van der Waals surface area contributed by atoms with Gasteiger partial charge in [-0.2, -0.15) is 4.99 Å². The second-order valence-electron chi connectivity index (χ2n) is 7.88. The second kappa shape index (κ2) is 8.98. The molecule has 1 aliphatic carbocycles. The molecule has 0 saturated heterocycles. The molecule has 2 N–H and O–H groups in total. The summed E-state index contributed by atoms with van der Waals surface area (Å²) in [6.45, 7) is 3.98. The summed E-state index contributed by atoms with van der Waals surface area (Å²) in [7, 11) is 1.67. The van der Waals surface area contributed by atoms with Gasteiger partial charge < -0.3 is 10.2 Å². The standard InChI is InChI=1S/C23H26ClN5O2/c1-15-13-21(26-23(30)28(15)2)29(18-5-3-4-6-18)27-22(25)20-12-11-19(31-20)17-9-7-16(14-24)8-10-17/h7-12,18H,1,3-6,13-14H2,2H3,(H2,25,27). The third kappa shape index (κ3) is 4.51. The number of amidine groups is 2. The lowest BCUT2D eigenvalue weighted by Crippen LogP contribution is -2.41. The molecule has 0 bridgehead atoms. The number of amides is 2. The van der Waals surface area contributed by atoms with Crippen LogP contribution in [0.15, 0.2) is 63.2 Å². The Labute approximate surface area is 186 Å². The Morgan fingerprint density at radius 3 is 2.65 bits per heavy atom. The van der Waals surface area contributed by atoms with Crippen LogP contribution in [0.2, 0.25) is 0 Å². The van der Waals surface area contributed by atoms with Crippen molar-refractivity contribution in [3.8, 4) is 11.3 Å². The number of halogens is 1. The van der Waals surface area contributed by atoms with Crippen molar-refractivity contribution >= 4 is 29.3 Å². The number of aliphatic imine (C=N–C) groups is 1. The Morgan fingerprint density at radius 1 is 1.29 bits per heavy atom. The minimum absolute atomic E-state index is 0.152. The molecule has 1 fully saturated rings. The second-order valence-corrected chi connectivity index (χ2v) is 8.14. The monoisotopic (exact) mass is 439 g/mol. The summed E-state index contributed by atoms with van der Waals surface area (Å²) in [6, 6.07) is 11.3. The maximum absolute atomic E-state index is 12.2. The highest BCUT2D eigenvalue weighted by Crippen LogP contribution is 2.28. The SMILES string of the molecule is C=C1CC(N(/N=C(\N)c2ccc(-c3ccc(CCl)cc3)o2)C2CCCC2)=NC(=O)N1C. The maximum atomic E-state index is 12.2. The van der Waals surface area contributed by atoms with Crippen LogP contribution in [0.4, 0.5) is 4.79 Å². The van der Waals surface area contributed by atoms with Crippen LogP contribution in [0.25, 0.3) is 11.3 Å². The van der Waals surface area contributed by atoms with Crippen LogP contribution in [0.5, 0.6) is 0 Å². The van der Waals surface area contributed by atoms with Crippen LogP contribution < -0.4 is 5.73 Å². The Kier molecular flexibility index (Phi) is 6.13. The molecule has 162 valence electrons. The van der Waals surface area contributed by atoms with Crippen molar-refractivity contribution in [2.75, 3.05) is 7.05 Å². The van der Waals surface area contributed by atoms with Crippen molar-refractivity contribution in [2.24, 2.45) is 15.8 Å². The lowest BCUT2D eigenvalue weighted by molar-refractivity contribution is 0.224. The van der Waals surface area contributed by atoms with Gasteiger partial charge in [0.15, 0.2) is 11.6 Å². The molecule has 0 radical (unpaired) electrons. The first-order valence-electron chi connectivity index (χ1n) is 10.4. The van der Waals surface area contributed by atoms with Crippen molar-refractivity contribution in [3.05, 3.63) is 60.0 Å². The van der Waals surface area contributed by atoms with E-state index in [0.717, 1.165) is 36.8 Å². The van der Waals surface area contributed by atoms with Gasteiger partial charge in [0.2, 0.25) is 0 Å². The number of carbonyl (C=O) groups is 1. The van der Waals surface area contributed by atoms with E-state index in [0.29, 0.717) is 35.4 Å². The number of rotatable bonds is 5. The normalized spacial score (nSPS) is 17.9. The van der Waals surface area contributed by atoms with E-state index < -0.39 is 0 Å². The Hall–Kier alpha value is -3.06. The molecule has 31 heavy (non-hydrogen) atoms. The largest absolute Gasteiger partial charge is 0.453 e. The summed E-state index contributed by atoms with van der Waals surface area (Å²) in [5.41, 5.74) is 8.99. The van der Waals surface area contributed by atoms with E-state index in [1.807, 2.05) is 30.3 Å². The number of hydrogen-bond acceptors (Lipinski definition) is 4. The molecule has 0 spiro atoms. The fraction of sp³-hybridized carbons (Fsp3) is 0.348. The molecule has 2 aromatic rings. The zero-order valence-corrected chi connectivity index (χ0v) is 18.3. The van der Waals surface area contributed by atoms with E-state index in [9.17, 15) is 4.79 Å². The van der Waals surface area contributed by atoms with Crippen LogP contribution in [-0.2, 0) is 5.88 Å². The van der Waals surface area contributed by atoms with E-state index in [-0.39, 0.29) is 17.9 Å². The average Bonchev–Trinajstić information content (AvgIpc) is 3.48. The third-order valence-corrected chi connectivity index (χ3v) is 6.06. The fourth-order valence-electron chi connectivity index (χ4n) is 3.85. The number of nitrogens with zero attached hydrogens (tertiary/aromatic N) is 4. The summed E-state index contributed by atoms with van der Waals surface area (Å²) in [6.07, 6.45) is 4.63. The average molecular weight is 440 g/mol. The molecule has 1 saturated carbocycles. The molecule has 2 aliphatic rings. The number of hydrogen-bond donors (Lipinski definition) is 1. The molecule has 0 unspecified atom stereocenters. The number of carbonyl (C=O) groups excluding carboxylic acids is 1. The fourth-order valence-corrected chi connectivity index (χ4v) is 4.02. The van der Waals surface area contributed by atoms with E-state index >= 15 is 0 Å². The summed E-state index contributed by atoms with van der Waals surface area (Å²) in [5, 5.41) is 6.46. The van der Waals surface area contributed by atoms with Crippen LogP contribution in [0.1, 0.15) is 43.4 Å². The highest BCUT2D eigenvalue weighted by Gasteiger charge is 2.30. The summed E-state index contributed by atoms with van der Waals surface area (Å²) >= 11 is 5.86. The predicted molar refractivity (Wildman–Crippen MR) is 123 cm³/mol. The highest BCUT2D eigenvalue weighted by molar-refractivity contribution is 6.17. The van der Waals surface area contributed by atoms with Crippen molar-refractivity contribution in [1.29, 1.82) is 0 Å². The predicted octanol–water partition coefficient (Wildman–Crippen LogP) is 4.92. The van der Waals surface area contributed by atoms with Gasteiger partial charge in [-0.15, -0.1) is 16.7 Å². The number of urea groups is 1. The van der Waals surface area contributed by atoms with E-state index in [1.165, 1.54) is 4.90 Å². The first kappa shape index (κ1) is 21.2. The zero-order chi connectivity index (χ0) is 22.0. The first-order valence-corrected chi connectivity index (χ1v) is 10.9. The number of alkyl halides is 1. The van der Waals surface area contributed by atoms with Gasteiger partial charge in [-0.25, -0.2) is 9.80 Å². The molecule has 1 aliphatic heterocycles. The van der Waals surface area contributed by atoms with Gasteiger partial charge in [0, 0.05) is 30.6 Å². The molecular weight excluding hydrogens is 414 g/mol. The molecule has 2 amide bonds. The molecule has 2 heterocycles. The zero-order valence-electron chi connectivity index (χ0n) is 17.6. The maximum Gasteiger partial charge on any atom is 0.349 e. The van der Waals surface area contributed by atoms with Crippen LogP contribution in [-0.4, -0.2) is 40.7 Å². The van der Waals surface area contributed by atoms with Crippen LogP contribution in [0.3, 0.4) is 0 Å². The van der Waals surface area contributed by atoms with Gasteiger partial charge in [0.05, 0.1) is 6.04 Å². The summed E-state index contributed by atoms with van der Waals surface area (Å²) in [5.74, 6) is 2.45. The van der Waals surface area contributed by atoms with Gasteiger partial charge in [-0.3, -0.25) is 4.90 Å². The van der Waals surface area contributed by atoms with Crippen molar-refractivity contribution < 1.29 is 9.21 Å². The topological polar surface area (TPSA) is 87.4 Å². The summed E-state index contributed by atoms with van der Waals surface area (Å²) < 4.78 is 5.97. The van der Waals surface area contributed by atoms with E-state index in [4.69, 9.17) is 21.8 Å². The van der Waals surface area contributed by atoms with Gasteiger partial charge in [0.25, 0.3) is 0 Å². The molecular formula is C23H26ClN5O2. The van der Waals surface area contributed by atoms with Crippen LogP contribution >= 0.6 is 11.6 Å². The van der Waals surface area contributed by atoms with Gasteiger partial charge >= 0.3 is 6.03 Å². The lowest BCUT2D eigenvalue weighted by Gasteiger charge is -2.32. The molecule has 1 aromatic heterocycles. The molecule has 0 atom stereocenters. The van der Waals surface area contributed by atoms with Crippen molar-refractivity contribution in [3.63, 3.8) is 0 Å². The lowest BCUT2D eigenvalue weighted by atomic mass is 10.1. The molecule has 1 aromatic carbocycles. The summed E-state index contributed by atoms with van der Waals surface area (Å²) in [4.78, 5) is 17.9. The Morgan fingerprint density at radius 2 is 2.00 bits per heavy atom. The number of benzene rings is 1. The van der Waals surface area contributed by atoms with Gasteiger partial charge in [-0.05, 0) is 30.5 Å². The minimum atomic E-state index is -0.344. The highest BCUT2D eigenvalue weighted by atomic mass is 35.5. The number of hydrazone groups is 1. The van der Waals surface area contributed by atoms with E-state index in [2.05, 4.69) is 16.7 Å². The smallest absolute Gasteiger partial charge is 0.349 e. The Balaban J connectivity index is 1.62. The quantitative estimate of drug-likeness (QED) is 0.310.